The third-order valence-corrected chi connectivity index (χ3v) is 4.03. The van der Waals surface area contributed by atoms with Crippen LogP contribution in [0.25, 0.3) is 0 Å². The van der Waals surface area contributed by atoms with Crippen LogP contribution in [0.1, 0.15) is 23.7 Å². The van der Waals surface area contributed by atoms with Gasteiger partial charge in [-0.3, -0.25) is 9.79 Å². The third-order valence-electron chi connectivity index (χ3n) is 3.22. The molecule has 0 aliphatic heterocycles. The Morgan fingerprint density at radius 3 is 2.43 bits per heavy atom. The van der Waals surface area contributed by atoms with E-state index in [2.05, 4.69) is 39.6 Å². The van der Waals surface area contributed by atoms with Crippen LogP contribution >= 0.6 is 11.3 Å². The standard InChI is InChI=1S/C16H21N5OS/c1-11(22)20-16-21-14(10-23-16)7-6-12-2-4-13(5-3-12)8-9-19-15(17)18/h2-5,10H,6-9H2,1H3,(H4,17,18,19)(H,20,21,22). The first-order chi connectivity index (χ1) is 11.0. The fourth-order valence-electron chi connectivity index (χ4n) is 2.09. The number of rotatable bonds is 7. The van der Waals surface area contributed by atoms with Crippen LogP contribution in [-0.4, -0.2) is 23.4 Å². The molecule has 0 saturated carbocycles. The lowest BCUT2D eigenvalue weighted by molar-refractivity contribution is -0.114. The number of nitrogens with one attached hydrogen (secondary N) is 1. The molecule has 7 heteroatoms. The number of carbonyl (C=O) groups is 1. The molecule has 23 heavy (non-hydrogen) atoms. The maximum atomic E-state index is 11.0. The Morgan fingerprint density at radius 1 is 1.17 bits per heavy atom. The van der Waals surface area contributed by atoms with Gasteiger partial charge in [-0.2, -0.15) is 0 Å². The van der Waals surface area contributed by atoms with E-state index in [1.54, 1.807) is 0 Å². The molecular weight excluding hydrogens is 310 g/mol. The number of carbonyl (C=O) groups excluding carboxylic acids is 1. The molecule has 0 spiro atoms. The van der Waals surface area contributed by atoms with Gasteiger partial charge in [-0.1, -0.05) is 24.3 Å². The Labute approximate surface area is 139 Å². The molecule has 1 heterocycles. The van der Waals surface area contributed by atoms with Crippen molar-refractivity contribution >= 4 is 28.3 Å². The molecule has 1 aromatic carbocycles. The number of amides is 1. The molecule has 0 aliphatic rings. The van der Waals surface area contributed by atoms with E-state index in [1.807, 2.05) is 5.38 Å². The maximum absolute atomic E-state index is 11.0. The number of hydrogen-bond donors (Lipinski definition) is 3. The summed E-state index contributed by atoms with van der Waals surface area (Å²) in [5.74, 6) is 0.0331. The van der Waals surface area contributed by atoms with Crippen LogP contribution in [-0.2, 0) is 24.1 Å². The minimum atomic E-state index is -0.0952. The molecule has 2 aromatic rings. The molecule has 0 aliphatic carbocycles. The lowest BCUT2D eigenvalue weighted by atomic mass is 10.1. The van der Waals surface area contributed by atoms with Gasteiger partial charge in [0.25, 0.3) is 0 Å². The lowest BCUT2D eigenvalue weighted by Gasteiger charge is -2.03. The van der Waals surface area contributed by atoms with Crippen LogP contribution in [0.3, 0.4) is 0 Å². The highest BCUT2D eigenvalue weighted by molar-refractivity contribution is 7.13. The second-order valence-corrected chi connectivity index (χ2v) is 6.06. The van der Waals surface area contributed by atoms with E-state index in [1.165, 1.54) is 29.4 Å². The van der Waals surface area contributed by atoms with Crippen molar-refractivity contribution in [3.63, 3.8) is 0 Å². The van der Waals surface area contributed by atoms with Gasteiger partial charge in [-0.25, -0.2) is 4.98 Å². The van der Waals surface area contributed by atoms with Crippen molar-refractivity contribution in [1.29, 1.82) is 0 Å². The first-order valence-corrected chi connectivity index (χ1v) is 8.26. The number of guanidine groups is 1. The normalized spacial score (nSPS) is 10.3. The van der Waals surface area contributed by atoms with Crippen molar-refractivity contribution in [2.24, 2.45) is 16.5 Å². The number of anilines is 1. The van der Waals surface area contributed by atoms with Crippen molar-refractivity contribution < 1.29 is 4.79 Å². The first kappa shape index (κ1) is 17.0. The summed E-state index contributed by atoms with van der Waals surface area (Å²) in [5.41, 5.74) is 14.1. The molecule has 6 nitrogen and oxygen atoms in total. The number of benzene rings is 1. The Balaban J connectivity index is 1.82. The van der Waals surface area contributed by atoms with E-state index in [-0.39, 0.29) is 11.9 Å². The Morgan fingerprint density at radius 2 is 1.83 bits per heavy atom. The Bertz CT molecular complexity index is 674. The van der Waals surface area contributed by atoms with Gasteiger partial charge >= 0.3 is 0 Å². The molecule has 1 amide bonds. The SMILES string of the molecule is CC(=O)Nc1nc(CCc2ccc(CCN=C(N)N)cc2)cs1. The first-order valence-electron chi connectivity index (χ1n) is 7.38. The summed E-state index contributed by atoms with van der Waals surface area (Å²) >= 11 is 1.45. The average molecular weight is 331 g/mol. The number of aryl methyl sites for hydroxylation is 2. The summed E-state index contributed by atoms with van der Waals surface area (Å²) in [5, 5.41) is 5.33. The maximum Gasteiger partial charge on any atom is 0.223 e. The monoisotopic (exact) mass is 331 g/mol. The Hall–Kier alpha value is -2.41. The highest BCUT2D eigenvalue weighted by Gasteiger charge is 2.04. The summed E-state index contributed by atoms with van der Waals surface area (Å²) in [4.78, 5) is 19.3. The van der Waals surface area contributed by atoms with E-state index < -0.39 is 0 Å². The van der Waals surface area contributed by atoms with Crippen molar-refractivity contribution in [2.75, 3.05) is 11.9 Å². The number of aromatic nitrogens is 1. The molecule has 122 valence electrons. The van der Waals surface area contributed by atoms with Gasteiger partial charge in [0.1, 0.15) is 0 Å². The fraction of sp³-hybridized carbons (Fsp3) is 0.312. The third kappa shape index (κ3) is 6.07. The highest BCUT2D eigenvalue weighted by Crippen LogP contribution is 2.17. The zero-order valence-electron chi connectivity index (χ0n) is 13.1. The lowest BCUT2D eigenvalue weighted by Crippen LogP contribution is -2.23. The van der Waals surface area contributed by atoms with E-state index in [9.17, 15) is 4.79 Å². The quantitative estimate of drug-likeness (QED) is 0.530. The minimum absolute atomic E-state index is 0.0952. The van der Waals surface area contributed by atoms with Crippen LogP contribution in [0.5, 0.6) is 0 Å². The molecule has 0 atom stereocenters. The van der Waals surface area contributed by atoms with Gasteiger partial charge < -0.3 is 16.8 Å². The second kappa shape index (κ2) is 8.28. The average Bonchev–Trinajstić information content (AvgIpc) is 2.93. The molecule has 1 aromatic heterocycles. The van der Waals surface area contributed by atoms with E-state index in [0.29, 0.717) is 11.7 Å². The smallest absolute Gasteiger partial charge is 0.223 e. The van der Waals surface area contributed by atoms with Crippen LogP contribution < -0.4 is 16.8 Å². The number of thiazole rings is 1. The minimum Gasteiger partial charge on any atom is -0.370 e. The number of aliphatic imine (C=N–C) groups is 1. The predicted molar refractivity (Wildman–Crippen MR) is 94.6 cm³/mol. The summed E-state index contributed by atoms with van der Waals surface area (Å²) < 4.78 is 0. The van der Waals surface area contributed by atoms with Gasteiger partial charge in [0.15, 0.2) is 11.1 Å². The fourth-order valence-corrected chi connectivity index (χ4v) is 2.88. The molecule has 5 N–H and O–H groups in total. The molecule has 0 saturated heterocycles. The zero-order chi connectivity index (χ0) is 16.7. The molecule has 0 radical (unpaired) electrons. The van der Waals surface area contributed by atoms with E-state index in [4.69, 9.17) is 11.5 Å². The highest BCUT2D eigenvalue weighted by atomic mass is 32.1. The van der Waals surface area contributed by atoms with Gasteiger partial charge in [0, 0.05) is 18.8 Å². The van der Waals surface area contributed by atoms with Crippen molar-refractivity contribution in [1.82, 2.24) is 4.98 Å². The van der Waals surface area contributed by atoms with Gasteiger partial charge in [0.05, 0.1) is 5.69 Å². The van der Waals surface area contributed by atoms with Crippen LogP contribution in [0.2, 0.25) is 0 Å². The Kier molecular flexibility index (Phi) is 6.10. The number of nitrogens with zero attached hydrogens (tertiary/aromatic N) is 2. The zero-order valence-corrected chi connectivity index (χ0v) is 13.9. The van der Waals surface area contributed by atoms with Crippen LogP contribution in [0, 0.1) is 0 Å². The number of nitrogens with two attached hydrogens (primary N) is 2. The summed E-state index contributed by atoms with van der Waals surface area (Å²) in [6, 6.07) is 8.43. The molecular formula is C16H21N5OS. The summed E-state index contributed by atoms with van der Waals surface area (Å²) in [6.45, 7) is 2.09. The van der Waals surface area contributed by atoms with Gasteiger partial charge in [-0.05, 0) is 30.4 Å². The van der Waals surface area contributed by atoms with Gasteiger partial charge in [0.2, 0.25) is 5.91 Å². The van der Waals surface area contributed by atoms with Gasteiger partial charge in [-0.15, -0.1) is 11.3 Å². The molecule has 0 fully saturated rings. The molecule has 2 rings (SSSR count). The van der Waals surface area contributed by atoms with Crippen molar-refractivity contribution in [2.45, 2.75) is 26.2 Å². The molecule has 0 unspecified atom stereocenters. The van der Waals surface area contributed by atoms with Crippen LogP contribution in [0.15, 0.2) is 34.6 Å². The van der Waals surface area contributed by atoms with E-state index in [0.717, 1.165) is 25.0 Å². The summed E-state index contributed by atoms with van der Waals surface area (Å²) in [7, 11) is 0. The van der Waals surface area contributed by atoms with E-state index >= 15 is 0 Å². The largest absolute Gasteiger partial charge is 0.370 e. The summed E-state index contributed by atoms with van der Waals surface area (Å²) in [6.07, 6.45) is 2.59. The van der Waals surface area contributed by atoms with Crippen molar-refractivity contribution in [3.8, 4) is 0 Å². The van der Waals surface area contributed by atoms with Crippen LogP contribution in [0.4, 0.5) is 5.13 Å². The predicted octanol–water partition coefficient (Wildman–Crippen LogP) is 1.70. The molecule has 0 bridgehead atoms. The van der Waals surface area contributed by atoms with Crippen molar-refractivity contribution in [3.05, 3.63) is 46.5 Å². The number of hydrogen-bond acceptors (Lipinski definition) is 4. The second-order valence-electron chi connectivity index (χ2n) is 5.20. The topological polar surface area (TPSA) is 106 Å².